The monoisotopic (exact) mass is 219 g/mol. The molecule has 1 atom stereocenters. The van der Waals surface area contributed by atoms with Crippen molar-refractivity contribution in [2.75, 3.05) is 24.7 Å². The van der Waals surface area contributed by atoms with Gasteiger partial charge in [0.2, 0.25) is 0 Å². The number of ether oxygens (including phenoxy) is 1. The summed E-state index contributed by atoms with van der Waals surface area (Å²) in [6, 6.07) is 0. The molecule has 1 unspecified atom stereocenters. The van der Waals surface area contributed by atoms with Gasteiger partial charge in [-0.05, 0) is 19.8 Å². The van der Waals surface area contributed by atoms with E-state index in [0.717, 1.165) is 26.0 Å². The lowest BCUT2D eigenvalue weighted by Gasteiger charge is -2.35. The van der Waals surface area contributed by atoms with Gasteiger partial charge >= 0.3 is 0 Å². The average molecular weight is 219 g/mol. The molecule has 0 aromatic carbocycles. The topological polar surface area (TPSA) is 55.4 Å². The Kier molecular flexibility index (Phi) is 2.57. The summed E-state index contributed by atoms with van der Waals surface area (Å²) in [7, 11) is -2.76. The van der Waals surface area contributed by atoms with Crippen molar-refractivity contribution in [3.05, 3.63) is 0 Å². The molecule has 0 amide bonds. The molecule has 0 saturated carbocycles. The Balaban J connectivity index is 2.01. The molecule has 14 heavy (non-hydrogen) atoms. The van der Waals surface area contributed by atoms with E-state index in [1.54, 1.807) is 0 Å². The number of hydrogen-bond donors (Lipinski definition) is 1. The molecule has 0 bridgehead atoms. The third-order valence-electron chi connectivity index (χ3n) is 3.31. The fraction of sp³-hybridized carbons (Fsp3) is 1.00. The van der Waals surface area contributed by atoms with Crippen molar-refractivity contribution in [2.24, 2.45) is 5.92 Å². The molecule has 2 fully saturated rings. The Bertz CT molecular complexity index is 292. The molecule has 2 heterocycles. The molecular formula is C9H17NO3S. The minimum atomic E-state index is -2.76. The van der Waals surface area contributed by atoms with Gasteiger partial charge < -0.3 is 4.74 Å². The predicted molar refractivity (Wildman–Crippen MR) is 53.7 cm³/mol. The molecular weight excluding hydrogens is 202 g/mol. The van der Waals surface area contributed by atoms with Gasteiger partial charge in [0.1, 0.15) is 15.6 Å². The summed E-state index contributed by atoms with van der Waals surface area (Å²) in [4.78, 5) is 0. The molecule has 1 N–H and O–H groups in total. The molecule has 2 aliphatic rings. The van der Waals surface area contributed by atoms with Gasteiger partial charge in [0.25, 0.3) is 0 Å². The minimum absolute atomic E-state index is 0.282. The molecule has 2 saturated heterocycles. The van der Waals surface area contributed by atoms with Crippen molar-refractivity contribution in [2.45, 2.75) is 25.5 Å². The van der Waals surface area contributed by atoms with E-state index in [4.69, 9.17) is 4.74 Å². The van der Waals surface area contributed by atoms with Gasteiger partial charge in [-0.1, -0.05) is 0 Å². The lowest BCUT2D eigenvalue weighted by Crippen LogP contribution is -2.48. The third kappa shape index (κ3) is 1.94. The zero-order chi connectivity index (χ0) is 10.2. The second-order valence-corrected chi connectivity index (χ2v) is 6.61. The van der Waals surface area contributed by atoms with Crippen LogP contribution in [0.2, 0.25) is 0 Å². The summed E-state index contributed by atoms with van der Waals surface area (Å²) in [5.41, 5.74) is -0.282. The van der Waals surface area contributed by atoms with E-state index >= 15 is 0 Å². The van der Waals surface area contributed by atoms with Crippen LogP contribution in [0.4, 0.5) is 0 Å². The molecule has 0 aromatic rings. The first-order valence-corrected chi connectivity index (χ1v) is 6.93. The fourth-order valence-corrected chi connectivity index (χ4v) is 3.81. The van der Waals surface area contributed by atoms with Crippen LogP contribution in [0.5, 0.6) is 0 Å². The highest BCUT2D eigenvalue weighted by Crippen LogP contribution is 2.31. The highest BCUT2D eigenvalue weighted by molar-refractivity contribution is 7.91. The van der Waals surface area contributed by atoms with Crippen LogP contribution in [0, 0.1) is 5.92 Å². The zero-order valence-corrected chi connectivity index (χ0v) is 9.27. The summed E-state index contributed by atoms with van der Waals surface area (Å²) < 4.78 is 28.2. The lowest BCUT2D eigenvalue weighted by molar-refractivity contribution is -0.0461. The van der Waals surface area contributed by atoms with Gasteiger partial charge in [-0.15, -0.1) is 0 Å². The molecule has 4 nitrogen and oxygen atoms in total. The second kappa shape index (κ2) is 3.47. The average Bonchev–Trinajstić information content (AvgIpc) is 2.53. The van der Waals surface area contributed by atoms with Crippen LogP contribution in [0.15, 0.2) is 0 Å². The summed E-state index contributed by atoms with van der Waals surface area (Å²) in [6.07, 6.45) is 1.46. The molecule has 0 aromatic heterocycles. The Morgan fingerprint density at radius 1 is 1.36 bits per heavy atom. The molecule has 2 rings (SSSR count). The third-order valence-corrected chi connectivity index (χ3v) is 5.03. The van der Waals surface area contributed by atoms with Crippen molar-refractivity contribution >= 4 is 9.84 Å². The quantitative estimate of drug-likeness (QED) is 0.682. The largest absolute Gasteiger partial charge is 0.359 e. The van der Waals surface area contributed by atoms with E-state index in [0.29, 0.717) is 17.4 Å². The Morgan fingerprint density at radius 2 is 2.00 bits per heavy atom. The van der Waals surface area contributed by atoms with Crippen molar-refractivity contribution in [3.8, 4) is 0 Å². The number of rotatable bonds is 1. The maximum absolute atomic E-state index is 11.3. The smallest absolute Gasteiger partial charge is 0.150 e. The molecule has 0 aliphatic carbocycles. The van der Waals surface area contributed by atoms with Crippen LogP contribution in [0.1, 0.15) is 19.8 Å². The minimum Gasteiger partial charge on any atom is -0.359 e. The first-order valence-electron chi connectivity index (χ1n) is 5.11. The molecule has 0 radical (unpaired) electrons. The molecule has 2 aliphatic heterocycles. The van der Waals surface area contributed by atoms with Crippen molar-refractivity contribution in [1.82, 2.24) is 5.32 Å². The van der Waals surface area contributed by atoms with E-state index in [1.165, 1.54) is 0 Å². The Morgan fingerprint density at radius 3 is 2.50 bits per heavy atom. The first kappa shape index (κ1) is 10.4. The van der Waals surface area contributed by atoms with Crippen LogP contribution < -0.4 is 5.32 Å². The van der Waals surface area contributed by atoms with E-state index in [9.17, 15) is 8.42 Å². The van der Waals surface area contributed by atoms with Gasteiger partial charge in [-0.3, -0.25) is 5.32 Å². The maximum atomic E-state index is 11.3. The second-order valence-electron chi connectivity index (χ2n) is 4.31. The van der Waals surface area contributed by atoms with Crippen molar-refractivity contribution in [3.63, 3.8) is 0 Å². The molecule has 82 valence electrons. The molecule has 5 heteroatoms. The van der Waals surface area contributed by atoms with Crippen molar-refractivity contribution in [1.29, 1.82) is 0 Å². The van der Waals surface area contributed by atoms with E-state index in [1.807, 2.05) is 6.92 Å². The van der Waals surface area contributed by atoms with Gasteiger partial charge in [0.05, 0.1) is 18.1 Å². The lowest BCUT2D eigenvalue weighted by atomic mass is 9.91. The summed E-state index contributed by atoms with van der Waals surface area (Å²) in [5.74, 6) is 0.977. The number of hydrogen-bond acceptors (Lipinski definition) is 4. The summed E-state index contributed by atoms with van der Waals surface area (Å²) in [6.45, 7) is 3.64. The standard InChI is InChI=1S/C9H17NO3S/c1-9(10-4-5-13-9)8-2-6-14(11,12)7-3-8/h8,10H,2-7H2,1H3. The van der Waals surface area contributed by atoms with Crippen LogP contribution in [0.25, 0.3) is 0 Å². The normalized spacial score (nSPS) is 38.6. The highest BCUT2D eigenvalue weighted by Gasteiger charge is 2.40. The van der Waals surface area contributed by atoms with Gasteiger partial charge in [-0.25, -0.2) is 8.42 Å². The Hall–Kier alpha value is -0.130. The first-order chi connectivity index (χ1) is 6.52. The van der Waals surface area contributed by atoms with Crippen LogP contribution >= 0.6 is 0 Å². The fourth-order valence-electron chi connectivity index (χ4n) is 2.32. The van der Waals surface area contributed by atoms with E-state index in [-0.39, 0.29) is 5.72 Å². The number of nitrogens with one attached hydrogen (secondary N) is 1. The van der Waals surface area contributed by atoms with Crippen molar-refractivity contribution < 1.29 is 13.2 Å². The van der Waals surface area contributed by atoms with Gasteiger partial charge in [0.15, 0.2) is 0 Å². The summed E-state index contributed by atoms with van der Waals surface area (Å²) >= 11 is 0. The summed E-state index contributed by atoms with van der Waals surface area (Å²) in [5, 5.41) is 3.31. The van der Waals surface area contributed by atoms with E-state index in [2.05, 4.69) is 5.32 Å². The number of sulfone groups is 1. The zero-order valence-electron chi connectivity index (χ0n) is 8.45. The van der Waals surface area contributed by atoms with Gasteiger partial charge in [0, 0.05) is 12.5 Å². The maximum Gasteiger partial charge on any atom is 0.150 e. The highest BCUT2D eigenvalue weighted by atomic mass is 32.2. The SMILES string of the molecule is CC1(C2CCS(=O)(=O)CC2)NCCO1. The van der Waals surface area contributed by atoms with E-state index < -0.39 is 9.84 Å². The molecule has 0 spiro atoms. The van der Waals surface area contributed by atoms with Crippen LogP contribution in [0.3, 0.4) is 0 Å². The predicted octanol–water partition coefficient (Wildman–Crippen LogP) is 0.147. The van der Waals surface area contributed by atoms with Gasteiger partial charge in [-0.2, -0.15) is 0 Å². The Labute approximate surface area is 84.9 Å². The van der Waals surface area contributed by atoms with Crippen LogP contribution in [-0.2, 0) is 14.6 Å². The van der Waals surface area contributed by atoms with Crippen LogP contribution in [-0.4, -0.2) is 38.8 Å².